The van der Waals surface area contributed by atoms with Crippen molar-refractivity contribution in [2.45, 2.75) is 38.8 Å². The van der Waals surface area contributed by atoms with E-state index in [2.05, 4.69) is 32.1 Å². The fourth-order valence-electron chi connectivity index (χ4n) is 2.80. The van der Waals surface area contributed by atoms with Crippen LogP contribution in [-0.4, -0.2) is 30.9 Å². The predicted molar refractivity (Wildman–Crippen MR) is 102 cm³/mol. The molecular weight excluding hydrogens is 330 g/mol. The van der Waals surface area contributed by atoms with Crippen LogP contribution >= 0.6 is 0 Å². The van der Waals surface area contributed by atoms with Crippen molar-refractivity contribution in [3.8, 4) is 0 Å². The molecule has 3 heterocycles. The van der Waals surface area contributed by atoms with Gasteiger partial charge in [-0.3, -0.25) is 0 Å². The quantitative estimate of drug-likeness (QED) is 0.701. The Labute approximate surface area is 150 Å². The van der Waals surface area contributed by atoms with Gasteiger partial charge in [0.2, 0.25) is 0 Å². The fraction of sp³-hybridized carbons (Fsp3) is 0.333. The molecule has 1 fully saturated rings. The van der Waals surface area contributed by atoms with Crippen molar-refractivity contribution in [1.82, 2.24) is 24.9 Å². The molecule has 3 aromatic heterocycles. The van der Waals surface area contributed by atoms with E-state index in [4.69, 9.17) is 10.3 Å². The summed E-state index contributed by atoms with van der Waals surface area (Å²) in [5.74, 6) is 1.74. The first kappa shape index (κ1) is 16.3. The smallest absolute Gasteiger partial charge is 0.177 e. The molecule has 0 unspecified atom stereocenters. The molecule has 1 aliphatic rings. The summed E-state index contributed by atoms with van der Waals surface area (Å²) in [5.41, 5.74) is 8.35. The Bertz CT molecular complexity index is 995. The summed E-state index contributed by atoms with van der Waals surface area (Å²) < 4.78 is 7.21. The van der Waals surface area contributed by atoms with Gasteiger partial charge in [0.1, 0.15) is 12.1 Å². The van der Waals surface area contributed by atoms with E-state index in [1.807, 2.05) is 30.7 Å². The van der Waals surface area contributed by atoms with E-state index in [9.17, 15) is 0 Å². The average molecular weight is 351 g/mol. The monoisotopic (exact) mass is 351 g/mol. The molecule has 0 bridgehead atoms. The van der Waals surface area contributed by atoms with Gasteiger partial charge < -0.3 is 15.6 Å². The molecule has 0 spiro atoms. The molecule has 26 heavy (non-hydrogen) atoms. The van der Waals surface area contributed by atoms with Gasteiger partial charge in [-0.1, -0.05) is 11.7 Å². The van der Waals surface area contributed by atoms with Crippen LogP contribution in [0.2, 0.25) is 0 Å². The van der Waals surface area contributed by atoms with Gasteiger partial charge in [-0.05, 0) is 44.9 Å². The molecule has 134 valence electrons. The Kier molecular flexibility index (Phi) is 3.95. The molecule has 0 aliphatic heterocycles. The summed E-state index contributed by atoms with van der Waals surface area (Å²) >= 11 is 0. The van der Waals surface area contributed by atoms with E-state index in [1.54, 1.807) is 6.08 Å². The maximum Gasteiger partial charge on any atom is 0.177 e. The van der Waals surface area contributed by atoms with Gasteiger partial charge in [-0.15, -0.1) is 0 Å². The second kappa shape index (κ2) is 6.29. The SMILES string of the molecule is C=Cc1onc(NC2CC2)c1/C=C/c1nn(C(C)C)c2ncnc(N)c12. The predicted octanol–water partition coefficient (Wildman–Crippen LogP) is 3.37. The Balaban J connectivity index is 1.78. The highest BCUT2D eigenvalue weighted by Gasteiger charge is 2.24. The first-order valence-corrected chi connectivity index (χ1v) is 8.64. The molecule has 1 saturated carbocycles. The summed E-state index contributed by atoms with van der Waals surface area (Å²) in [6.45, 7) is 7.89. The van der Waals surface area contributed by atoms with Gasteiger partial charge in [-0.25, -0.2) is 14.6 Å². The normalized spacial score (nSPS) is 14.6. The van der Waals surface area contributed by atoms with E-state index in [0.717, 1.165) is 35.3 Å². The fourth-order valence-corrected chi connectivity index (χ4v) is 2.80. The number of hydrogen-bond acceptors (Lipinski definition) is 7. The lowest BCUT2D eigenvalue weighted by atomic mass is 10.2. The standard InChI is InChI=1S/C18H21N7O/c1-4-14-12(17(24-26-14)22-11-5-6-11)7-8-13-15-16(19)20-9-21-18(15)25(23-13)10(2)3/h4,7-11H,1,5-6H2,2-3H3,(H,22,24)(H2,19,20,21)/b8-7+. The van der Waals surface area contributed by atoms with Crippen LogP contribution in [0, 0.1) is 0 Å². The lowest BCUT2D eigenvalue weighted by Crippen LogP contribution is -2.04. The highest BCUT2D eigenvalue weighted by Crippen LogP contribution is 2.30. The van der Waals surface area contributed by atoms with Gasteiger partial charge in [0.15, 0.2) is 17.2 Å². The summed E-state index contributed by atoms with van der Waals surface area (Å²) in [7, 11) is 0. The third kappa shape index (κ3) is 2.83. The molecule has 0 amide bonds. The zero-order valence-electron chi connectivity index (χ0n) is 14.8. The highest BCUT2D eigenvalue weighted by molar-refractivity contribution is 5.95. The summed E-state index contributed by atoms with van der Waals surface area (Å²) in [6.07, 6.45) is 9.20. The lowest BCUT2D eigenvalue weighted by Gasteiger charge is -2.05. The van der Waals surface area contributed by atoms with Crippen molar-refractivity contribution in [3.05, 3.63) is 29.9 Å². The third-order valence-electron chi connectivity index (χ3n) is 4.30. The zero-order valence-corrected chi connectivity index (χ0v) is 14.8. The van der Waals surface area contributed by atoms with Crippen molar-refractivity contribution < 1.29 is 4.52 Å². The first-order chi connectivity index (χ1) is 12.6. The number of rotatable bonds is 6. The second-order valence-electron chi connectivity index (χ2n) is 6.65. The lowest BCUT2D eigenvalue weighted by molar-refractivity contribution is 0.415. The molecule has 0 atom stereocenters. The number of anilines is 2. The molecule has 3 N–H and O–H groups in total. The molecule has 4 rings (SSSR count). The summed E-state index contributed by atoms with van der Waals surface area (Å²) in [5, 5.41) is 12.9. The van der Waals surface area contributed by atoms with Gasteiger partial charge in [0, 0.05) is 12.1 Å². The maximum atomic E-state index is 6.08. The molecule has 0 saturated heterocycles. The molecular formula is C18H21N7O. The van der Waals surface area contributed by atoms with Crippen molar-refractivity contribution in [2.24, 2.45) is 0 Å². The Morgan fingerprint density at radius 2 is 2.15 bits per heavy atom. The first-order valence-electron chi connectivity index (χ1n) is 8.64. The number of hydrogen-bond donors (Lipinski definition) is 2. The molecule has 3 aromatic rings. The number of fused-ring (bicyclic) bond motifs is 1. The van der Waals surface area contributed by atoms with Crippen LogP contribution in [0.3, 0.4) is 0 Å². The van der Waals surface area contributed by atoms with Crippen LogP contribution in [0.15, 0.2) is 17.4 Å². The van der Waals surface area contributed by atoms with Gasteiger partial charge in [-0.2, -0.15) is 5.10 Å². The Hall–Kier alpha value is -3.16. The van der Waals surface area contributed by atoms with Crippen LogP contribution < -0.4 is 11.1 Å². The van der Waals surface area contributed by atoms with Crippen LogP contribution in [0.5, 0.6) is 0 Å². The highest BCUT2D eigenvalue weighted by atomic mass is 16.5. The van der Waals surface area contributed by atoms with Crippen LogP contribution in [0.1, 0.15) is 49.7 Å². The average Bonchev–Trinajstić information content (AvgIpc) is 3.22. The van der Waals surface area contributed by atoms with E-state index >= 15 is 0 Å². The van der Waals surface area contributed by atoms with Crippen molar-refractivity contribution >= 4 is 40.9 Å². The molecule has 0 aromatic carbocycles. The number of nitrogens with zero attached hydrogens (tertiary/aromatic N) is 5. The van der Waals surface area contributed by atoms with E-state index in [-0.39, 0.29) is 6.04 Å². The molecule has 1 aliphatic carbocycles. The number of nitrogens with one attached hydrogen (secondary N) is 1. The van der Waals surface area contributed by atoms with Gasteiger partial charge >= 0.3 is 0 Å². The van der Waals surface area contributed by atoms with Crippen LogP contribution in [0.4, 0.5) is 11.6 Å². The van der Waals surface area contributed by atoms with Crippen molar-refractivity contribution in [3.63, 3.8) is 0 Å². The maximum absolute atomic E-state index is 6.08. The van der Waals surface area contributed by atoms with Gasteiger partial charge in [0.05, 0.1) is 16.6 Å². The number of nitrogens with two attached hydrogens (primary N) is 1. The van der Waals surface area contributed by atoms with E-state index in [0.29, 0.717) is 23.3 Å². The number of nitrogen functional groups attached to an aromatic ring is 1. The summed E-state index contributed by atoms with van der Waals surface area (Å²) in [4.78, 5) is 8.45. The summed E-state index contributed by atoms with van der Waals surface area (Å²) in [6, 6.07) is 0.621. The topological polar surface area (TPSA) is 108 Å². The van der Waals surface area contributed by atoms with E-state index in [1.165, 1.54) is 6.33 Å². The minimum absolute atomic E-state index is 0.153. The zero-order chi connectivity index (χ0) is 18.3. The molecule has 8 nitrogen and oxygen atoms in total. The second-order valence-corrected chi connectivity index (χ2v) is 6.65. The largest absolute Gasteiger partial charge is 0.383 e. The van der Waals surface area contributed by atoms with Crippen molar-refractivity contribution in [2.75, 3.05) is 11.1 Å². The van der Waals surface area contributed by atoms with Crippen molar-refractivity contribution in [1.29, 1.82) is 0 Å². The van der Waals surface area contributed by atoms with E-state index < -0.39 is 0 Å². The van der Waals surface area contributed by atoms with Crippen LogP contribution in [0.25, 0.3) is 29.3 Å². The number of aromatic nitrogens is 5. The van der Waals surface area contributed by atoms with Gasteiger partial charge in [0.25, 0.3) is 0 Å². The Morgan fingerprint density at radius 3 is 2.85 bits per heavy atom. The minimum atomic E-state index is 0.153. The third-order valence-corrected chi connectivity index (χ3v) is 4.30. The molecule has 0 radical (unpaired) electrons. The Morgan fingerprint density at radius 1 is 1.35 bits per heavy atom. The molecule has 8 heteroatoms. The van der Waals surface area contributed by atoms with Crippen LogP contribution in [-0.2, 0) is 0 Å². The minimum Gasteiger partial charge on any atom is -0.383 e.